The molecule has 132 valence electrons. The molecule has 1 aliphatic carbocycles. The highest BCUT2D eigenvalue weighted by Gasteiger charge is 2.37. The molecular formula is C20H20F3NO. The van der Waals surface area contributed by atoms with Crippen LogP contribution in [0.25, 0.3) is 11.1 Å². The van der Waals surface area contributed by atoms with Crippen molar-refractivity contribution in [1.82, 2.24) is 5.32 Å². The number of aryl methyl sites for hydroxylation is 1. The van der Waals surface area contributed by atoms with Gasteiger partial charge in [-0.3, -0.25) is 4.79 Å². The quantitative estimate of drug-likeness (QED) is 0.825. The lowest BCUT2D eigenvalue weighted by Gasteiger charge is -2.18. The molecule has 3 rings (SSSR count). The number of amides is 1. The predicted octanol–water partition coefficient (Wildman–Crippen LogP) is 4.82. The Hall–Kier alpha value is -2.30. The Morgan fingerprint density at radius 1 is 1.08 bits per heavy atom. The van der Waals surface area contributed by atoms with Crippen molar-refractivity contribution in [3.63, 3.8) is 0 Å². The van der Waals surface area contributed by atoms with Gasteiger partial charge in [0.15, 0.2) is 0 Å². The van der Waals surface area contributed by atoms with Crippen LogP contribution in [0.5, 0.6) is 0 Å². The normalized spacial score (nSPS) is 15.6. The summed E-state index contributed by atoms with van der Waals surface area (Å²) in [4.78, 5) is 12.6. The zero-order valence-corrected chi connectivity index (χ0v) is 14.0. The lowest BCUT2D eigenvalue weighted by molar-refractivity contribution is -0.138. The zero-order valence-electron chi connectivity index (χ0n) is 14.0. The SMILES string of the molecule is CCCCc1cccc2c1C(C(=O)NCC(F)(F)F)c1ccccc1-2. The van der Waals surface area contributed by atoms with Gasteiger partial charge in [-0.1, -0.05) is 55.8 Å². The summed E-state index contributed by atoms with van der Waals surface area (Å²) >= 11 is 0. The number of carbonyl (C=O) groups excluding carboxylic acids is 1. The maximum absolute atomic E-state index is 12.6. The van der Waals surface area contributed by atoms with Gasteiger partial charge < -0.3 is 5.32 Å². The van der Waals surface area contributed by atoms with Gasteiger partial charge in [-0.05, 0) is 40.7 Å². The van der Waals surface area contributed by atoms with E-state index in [0.717, 1.165) is 47.1 Å². The van der Waals surface area contributed by atoms with Crippen LogP contribution in [0.15, 0.2) is 42.5 Å². The Morgan fingerprint density at radius 2 is 1.80 bits per heavy atom. The van der Waals surface area contributed by atoms with Gasteiger partial charge in [-0.2, -0.15) is 13.2 Å². The number of carbonyl (C=O) groups is 1. The summed E-state index contributed by atoms with van der Waals surface area (Å²) in [5.74, 6) is -1.27. The smallest absolute Gasteiger partial charge is 0.346 e. The average Bonchev–Trinajstić information content (AvgIpc) is 2.92. The van der Waals surface area contributed by atoms with Crippen LogP contribution >= 0.6 is 0 Å². The molecular weight excluding hydrogens is 327 g/mol. The van der Waals surface area contributed by atoms with Crippen molar-refractivity contribution in [2.75, 3.05) is 6.54 Å². The fraction of sp³-hybridized carbons (Fsp3) is 0.350. The van der Waals surface area contributed by atoms with Gasteiger partial charge in [0.25, 0.3) is 0 Å². The van der Waals surface area contributed by atoms with Crippen molar-refractivity contribution in [2.45, 2.75) is 38.3 Å². The summed E-state index contributed by atoms with van der Waals surface area (Å²) in [5.41, 5.74) is 4.57. The summed E-state index contributed by atoms with van der Waals surface area (Å²) in [6.45, 7) is 0.780. The summed E-state index contributed by atoms with van der Waals surface area (Å²) in [6.07, 6.45) is -1.61. The number of benzene rings is 2. The number of alkyl halides is 3. The highest BCUT2D eigenvalue weighted by atomic mass is 19.4. The number of nitrogens with one attached hydrogen (secondary N) is 1. The van der Waals surface area contributed by atoms with Crippen LogP contribution in [0.3, 0.4) is 0 Å². The van der Waals surface area contributed by atoms with Gasteiger partial charge in [0.2, 0.25) is 5.91 Å². The first-order valence-electron chi connectivity index (χ1n) is 8.48. The molecule has 1 aliphatic rings. The van der Waals surface area contributed by atoms with Gasteiger partial charge in [0.05, 0.1) is 5.92 Å². The summed E-state index contributed by atoms with van der Waals surface area (Å²) in [6, 6.07) is 13.3. The summed E-state index contributed by atoms with van der Waals surface area (Å²) in [7, 11) is 0. The summed E-state index contributed by atoms with van der Waals surface area (Å²) < 4.78 is 37.6. The molecule has 1 unspecified atom stereocenters. The van der Waals surface area contributed by atoms with Crippen LogP contribution in [-0.4, -0.2) is 18.6 Å². The first kappa shape index (κ1) is 17.5. The van der Waals surface area contributed by atoms with E-state index in [2.05, 4.69) is 12.2 Å². The van der Waals surface area contributed by atoms with Crippen molar-refractivity contribution in [3.8, 4) is 11.1 Å². The molecule has 0 bridgehead atoms. The molecule has 0 aliphatic heterocycles. The van der Waals surface area contributed by atoms with Gasteiger partial charge in [0, 0.05) is 0 Å². The third-order valence-corrected chi connectivity index (χ3v) is 4.57. The number of unbranched alkanes of at least 4 members (excludes halogenated alkanes) is 1. The Balaban J connectivity index is 2.02. The monoisotopic (exact) mass is 347 g/mol. The second-order valence-electron chi connectivity index (χ2n) is 6.34. The lowest BCUT2D eigenvalue weighted by Crippen LogP contribution is -2.37. The van der Waals surface area contributed by atoms with Crippen LogP contribution in [0.4, 0.5) is 13.2 Å². The zero-order chi connectivity index (χ0) is 18.0. The number of hydrogen-bond donors (Lipinski definition) is 1. The first-order chi connectivity index (χ1) is 11.9. The molecule has 0 radical (unpaired) electrons. The molecule has 25 heavy (non-hydrogen) atoms. The van der Waals surface area contributed by atoms with Crippen molar-refractivity contribution >= 4 is 5.91 Å². The van der Waals surface area contributed by atoms with Gasteiger partial charge in [-0.15, -0.1) is 0 Å². The van der Waals surface area contributed by atoms with Crippen molar-refractivity contribution in [1.29, 1.82) is 0 Å². The molecule has 1 atom stereocenters. The van der Waals surface area contributed by atoms with Gasteiger partial charge >= 0.3 is 6.18 Å². The van der Waals surface area contributed by atoms with E-state index in [0.29, 0.717) is 0 Å². The van der Waals surface area contributed by atoms with Crippen molar-refractivity contribution < 1.29 is 18.0 Å². The standard InChI is InChI=1S/C20H20F3NO/c1-2-3-7-13-8-6-11-15-14-9-4-5-10-16(14)18(17(13)15)19(25)24-12-20(21,22)23/h4-6,8-11,18H,2-3,7,12H2,1H3,(H,24,25). The summed E-state index contributed by atoms with van der Waals surface area (Å²) in [5, 5.41) is 2.07. The van der Waals surface area contributed by atoms with E-state index in [1.807, 2.05) is 42.5 Å². The fourth-order valence-electron chi connectivity index (χ4n) is 3.49. The Morgan fingerprint density at radius 3 is 2.52 bits per heavy atom. The van der Waals surface area contributed by atoms with Crippen LogP contribution in [0, 0.1) is 0 Å². The maximum atomic E-state index is 12.6. The Kier molecular flexibility index (Phi) is 4.84. The molecule has 0 heterocycles. The van der Waals surface area contributed by atoms with Crippen LogP contribution in [0.1, 0.15) is 42.4 Å². The van der Waals surface area contributed by atoms with Crippen LogP contribution in [-0.2, 0) is 11.2 Å². The minimum Gasteiger partial charge on any atom is -0.346 e. The Bertz CT molecular complexity index is 783. The molecule has 1 N–H and O–H groups in total. The second-order valence-corrected chi connectivity index (χ2v) is 6.34. The largest absolute Gasteiger partial charge is 0.405 e. The van der Waals surface area contributed by atoms with E-state index < -0.39 is 24.5 Å². The topological polar surface area (TPSA) is 29.1 Å². The molecule has 0 aromatic heterocycles. The van der Waals surface area contributed by atoms with E-state index in [4.69, 9.17) is 0 Å². The third-order valence-electron chi connectivity index (χ3n) is 4.57. The van der Waals surface area contributed by atoms with E-state index in [1.165, 1.54) is 0 Å². The van der Waals surface area contributed by atoms with Crippen LogP contribution in [0.2, 0.25) is 0 Å². The van der Waals surface area contributed by atoms with Gasteiger partial charge in [0.1, 0.15) is 6.54 Å². The molecule has 0 saturated carbocycles. The molecule has 0 saturated heterocycles. The highest BCUT2D eigenvalue weighted by Crippen LogP contribution is 2.46. The minimum atomic E-state index is -4.42. The average molecular weight is 347 g/mol. The number of halogens is 3. The number of fused-ring (bicyclic) bond motifs is 3. The molecule has 0 spiro atoms. The maximum Gasteiger partial charge on any atom is 0.405 e. The first-order valence-corrected chi connectivity index (χ1v) is 8.48. The molecule has 5 heteroatoms. The van der Waals surface area contributed by atoms with Crippen LogP contribution < -0.4 is 5.32 Å². The van der Waals surface area contributed by atoms with Crippen molar-refractivity contribution in [2.24, 2.45) is 0 Å². The van der Waals surface area contributed by atoms with E-state index in [-0.39, 0.29) is 0 Å². The van der Waals surface area contributed by atoms with Crippen molar-refractivity contribution in [3.05, 3.63) is 59.2 Å². The third kappa shape index (κ3) is 3.55. The molecule has 1 amide bonds. The minimum absolute atomic E-state index is 0.590. The van der Waals surface area contributed by atoms with E-state index in [9.17, 15) is 18.0 Å². The van der Waals surface area contributed by atoms with E-state index in [1.54, 1.807) is 0 Å². The molecule has 0 fully saturated rings. The lowest BCUT2D eigenvalue weighted by atomic mass is 9.90. The highest BCUT2D eigenvalue weighted by molar-refractivity contribution is 5.96. The number of rotatable bonds is 5. The predicted molar refractivity (Wildman–Crippen MR) is 91.4 cm³/mol. The Labute approximate surface area is 145 Å². The molecule has 2 aromatic carbocycles. The fourth-order valence-corrected chi connectivity index (χ4v) is 3.49. The molecule has 2 nitrogen and oxygen atoms in total. The van der Waals surface area contributed by atoms with E-state index >= 15 is 0 Å². The second kappa shape index (κ2) is 6.90. The van der Waals surface area contributed by atoms with Gasteiger partial charge in [-0.25, -0.2) is 0 Å². The molecule has 2 aromatic rings. The number of hydrogen-bond acceptors (Lipinski definition) is 1.